The second kappa shape index (κ2) is 10.3. The van der Waals surface area contributed by atoms with Gasteiger partial charge in [-0.15, -0.1) is 0 Å². The second-order valence-electron chi connectivity index (χ2n) is 7.41. The molecule has 1 aliphatic carbocycles. The van der Waals surface area contributed by atoms with E-state index in [-0.39, 0.29) is 12.1 Å². The van der Waals surface area contributed by atoms with E-state index in [1.807, 2.05) is 37.3 Å². The molecule has 3 aromatic rings. The molecule has 2 heterocycles. The van der Waals surface area contributed by atoms with Gasteiger partial charge in [-0.25, -0.2) is 19.7 Å². The summed E-state index contributed by atoms with van der Waals surface area (Å²) in [6.07, 6.45) is 9.90. The van der Waals surface area contributed by atoms with Crippen LogP contribution in [-0.4, -0.2) is 27.1 Å². The summed E-state index contributed by atoms with van der Waals surface area (Å²) >= 11 is 1.48. The normalized spacial score (nSPS) is 13.7. The molecule has 0 spiro atoms. The lowest BCUT2D eigenvalue weighted by molar-refractivity contribution is 0.199. The summed E-state index contributed by atoms with van der Waals surface area (Å²) in [5.41, 5.74) is 2.59. The molecule has 31 heavy (non-hydrogen) atoms. The van der Waals surface area contributed by atoms with Crippen molar-refractivity contribution < 1.29 is 9.53 Å². The number of benzene rings is 1. The van der Waals surface area contributed by atoms with Gasteiger partial charge >= 0.3 is 6.03 Å². The molecule has 1 fully saturated rings. The fourth-order valence-corrected chi connectivity index (χ4v) is 4.26. The number of amides is 2. The van der Waals surface area contributed by atoms with Crippen molar-refractivity contribution in [2.24, 2.45) is 0 Å². The smallest absolute Gasteiger partial charge is 0.319 e. The summed E-state index contributed by atoms with van der Waals surface area (Å²) in [4.78, 5) is 26.3. The highest BCUT2D eigenvalue weighted by molar-refractivity contribution is 7.99. The molecule has 0 atom stereocenters. The first-order chi connectivity index (χ1) is 15.2. The maximum absolute atomic E-state index is 12.5. The number of urea groups is 1. The highest BCUT2D eigenvalue weighted by Gasteiger charge is 2.18. The highest BCUT2D eigenvalue weighted by atomic mass is 32.2. The van der Waals surface area contributed by atoms with E-state index in [2.05, 4.69) is 25.6 Å². The molecule has 1 aliphatic rings. The summed E-state index contributed by atoms with van der Waals surface area (Å²) in [6.45, 7) is 2.31. The Kier molecular flexibility index (Phi) is 6.99. The topological polar surface area (TPSA) is 89.0 Å². The lowest BCUT2D eigenvalue weighted by Gasteiger charge is -2.16. The Balaban J connectivity index is 1.33. The van der Waals surface area contributed by atoms with Crippen LogP contribution in [0.5, 0.6) is 5.88 Å². The third-order valence-electron chi connectivity index (χ3n) is 5.07. The molecule has 1 saturated carbocycles. The standard InChI is InChI=1S/C23H25N5O2S/c1-16-14-19(31-23-25-12-5-13-26-23)9-10-20(16)28-22(29)27-15-17-6-4-11-24-21(17)30-18-7-2-3-8-18/h4-6,9-14,18H,2-3,7-8,15H2,1H3,(H2,27,28,29). The first-order valence-corrected chi connectivity index (χ1v) is 11.2. The monoisotopic (exact) mass is 435 g/mol. The molecule has 0 unspecified atom stereocenters. The van der Waals surface area contributed by atoms with Gasteiger partial charge in [0.05, 0.1) is 0 Å². The molecule has 0 bridgehead atoms. The molecule has 1 aromatic carbocycles. The number of anilines is 1. The number of hydrogen-bond acceptors (Lipinski definition) is 6. The van der Waals surface area contributed by atoms with Gasteiger partial charge in [0.1, 0.15) is 6.10 Å². The van der Waals surface area contributed by atoms with Crippen molar-refractivity contribution in [1.82, 2.24) is 20.3 Å². The molecule has 2 amide bonds. The van der Waals surface area contributed by atoms with Crippen LogP contribution >= 0.6 is 11.8 Å². The van der Waals surface area contributed by atoms with E-state index in [0.717, 1.165) is 34.6 Å². The molecular weight excluding hydrogens is 410 g/mol. The number of nitrogens with one attached hydrogen (secondary N) is 2. The molecule has 2 aromatic heterocycles. The second-order valence-corrected chi connectivity index (χ2v) is 8.45. The number of hydrogen-bond donors (Lipinski definition) is 2. The van der Waals surface area contributed by atoms with Crippen LogP contribution < -0.4 is 15.4 Å². The number of ether oxygens (including phenoxy) is 1. The Morgan fingerprint density at radius 1 is 1.10 bits per heavy atom. The zero-order valence-corrected chi connectivity index (χ0v) is 18.2. The van der Waals surface area contributed by atoms with Gasteiger partial charge in [0.2, 0.25) is 5.88 Å². The minimum Gasteiger partial charge on any atom is -0.474 e. The number of carbonyl (C=O) groups is 1. The Morgan fingerprint density at radius 3 is 2.65 bits per heavy atom. The Hall–Kier alpha value is -3.13. The van der Waals surface area contributed by atoms with Crippen LogP contribution in [0.1, 0.15) is 36.8 Å². The molecule has 2 N–H and O–H groups in total. The molecule has 8 heteroatoms. The first kappa shape index (κ1) is 21.1. The first-order valence-electron chi connectivity index (χ1n) is 10.4. The lowest BCUT2D eigenvalue weighted by Crippen LogP contribution is -2.29. The van der Waals surface area contributed by atoms with E-state index in [1.165, 1.54) is 24.6 Å². The van der Waals surface area contributed by atoms with Crippen molar-refractivity contribution in [3.05, 3.63) is 66.1 Å². The van der Waals surface area contributed by atoms with Gasteiger partial charge in [-0.2, -0.15) is 0 Å². The predicted octanol–water partition coefficient (Wildman–Crippen LogP) is 4.97. The number of nitrogens with zero attached hydrogens (tertiary/aromatic N) is 3. The van der Waals surface area contributed by atoms with Crippen LogP contribution in [-0.2, 0) is 6.54 Å². The summed E-state index contributed by atoms with van der Waals surface area (Å²) in [5, 5.41) is 6.50. The zero-order chi connectivity index (χ0) is 21.5. The van der Waals surface area contributed by atoms with E-state index in [4.69, 9.17) is 4.74 Å². The number of aromatic nitrogens is 3. The summed E-state index contributed by atoms with van der Waals surface area (Å²) in [7, 11) is 0. The quantitative estimate of drug-likeness (QED) is 0.509. The molecule has 4 rings (SSSR count). The van der Waals surface area contributed by atoms with Crippen molar-refractivity contribution in [2.45, 2.75) is 55.3 Å². The molecule has 0 saturated heterocycles. The molecule has 160 valence electrons. The molecule has 0 aliphatic heterocycles. The molecule has 0 radical (unpaired) electrons. The Labute approximate surface area is 186 Å². The van der Waals surface area contributed by atoms with Gasteiger partial charge in [-0.1, -0.05) is 6.07 Å². The van der Waals surface area contributed by atoms with E-state index < -0.39 is 0 Å². The van der Waals surface area contributed by atoms with Crippen LogP contribution in [0.4, 0.5) is 10.5 Å². The van der Waals surface area contributed by atoms with Gasteiger partial charge in [-0.05, 0) is 80.3 Å². The van der Waals surface area contributed by atoms with Crippen molar-refractivity contribution in [1.29, 1.82) is 0 Å². The largest absolute Gasteiger partial charge is 0.474 e. The Bertz CT molecular complexity index is 1030. The third kappa shape index (κ3) is 5.95. The van der Waals surface area contributed by atoms with Crippen molar-refractivity contribution >= 4 is 23.5 Å². The van der Waals surface area contributed by atoms with Gasteiger partial charge in [-0.3, -0.25) is 0 Å². The van der Waals surface area contributed by atoms with Crippen molar-refractivity contribution in [3.8, 4) is 5.88 Å². The maximum Gasteiger partial charge on any atom is 0.319 e. The van der Waals surface area contributed by atoms with Crippen molar-refractivity contribution in [3.63, 3.8) is 0 Å². The van der Waals surface area contributed by atoms with E-state index in [9.17, 15) is 4.79 Å². The third-order valence-corrected chi connectivity index (χ3v) is 5.95. The average Bonchev–Trinajstić information content (AvgIpc) is 3.29. The highest BCUT2D eigenvalue weighted by Crippen LogP contribution is 2.28. The van der Waals surface area contributed by atoms with Gasteiger partial charge in [0.25, 0.3) is 0 Å². The minimum absolute atomic E-state index is 0.225. The van der Waals surface area contributed by atoms with Gasteiger partial charge in [0, 0.05) is 41.3 Å². The number of pyridine rings is 1. The predicted molar refractivity (Wildman–Crippen MR) is 120 cm³/mol. The number of carbonyl (C=O) groups excluding carboxylic acids is 1. The van der Waals surface area contributed by atoms with E-state index in [1.54, 1.807) is 24.7 Å². The molecule has 7 nitrogen and oxygen atoms in total. The number of rotatable bonds is 7. The maximum atomic E-state index is 12.5. The molecular formula is C23H25N5O2S. The fourth-order valence-electron chi connectivity index (χ4n) is 3.45. The van der Waals surface area contributed by atoms with E-state index >= 15 is 0 Å². The SMILES string of the molecule is Cc1cc(Sc2ncccn2)ccc1NC(=O)NCc1cccnc1OC1CCCC1. The van der Waals surface area contributed by atoms with Crippen LogP contribution in [0.2, 0.25) is 0 Å². The summed E-state index contributed by atoms with van der Waals surface area (Å²) < 4.78 is 6.04. The van der Waals surface area contributed by atoms with Crippen LogP contribution in [0, 0.1) is 6.92 Å². The van der Waals surface area contributed by atoms with Gasteiger partial charge < -0.3 is 15.4 Å². The average molecular weight is 436 g/mol. The van der Waals surface area contributed by atoms with E-state index in [0.29, 0.717) is 17.6 Å². The lowest BCUT2D eigenvalue weighted by atomic mass is 10.2. The van der Waals surface area contributed by atoms with Crippen LogP contribution in [0.3, 0.4) is 0 Å². The van der Waals surface area contributed by atoms with Crippen LogP contribution in [0.25, 0.3) is 0 Å². The van der Waals surface area contributed by atoms with Crippen LogP contribution in [0.15, 0.2) is 65.0 Å². The number of aryl methyl sites for hydroxylation is 1. The summed E-state index contributed by atoms with van der Waals surface area (Å²) in [5.74, 6) is 0.607. The zero-order valence-electron chi connectivity index (χ0n) is 17.4. The summed E-state index contributed by atoms with van der Waals surface area (Å²) in [6, 6.07) is 11.1. The minimum atomic E-state index is -0.273. The van der Waals surface area contributed by atoms with Gasteiger partial charge in [0.15, 0.2) is 5.16 Å². The Morgan fingerprint density at radius 2 is 1.87 bits per heavy atom. The van der Waals surface area contributed by atoms with Crippen molar-refractivity contribution in [2.75, 3.05) is 5.32 Å². The fraction of sp³-hybridized carbons (Fsp3) is 0.304.